The van der Waals surface area contributed by atoms with E-state index in [1.54, 1.807) is 37.6 Å². The minimum atomic E-state index is 0.245. The van der Waals surface area contributed by atoms with Crippen LogP contribution in [0.1, 0.15) is 5.56 Å². The van der Waals surface area contributed by atoms with E-state index in [-0.39, 0.29) is 5.75 Å². The summed E-state index contributed by atoms with van der Waals surface area (Å²) < 4.78 is 5.46. The van der Waals surface area contributed by atoms with E-state index in [0.717, 1.165) is 48.7 Å². The van der Waals surface area contributed by atoms with E-state index in [1.165, 1.54) is 0 Å². The molecule has 0 unspecified atom stereocenters. The molecule has 4 rings (SSSR count). The van der Waals surface area contributed by atoms with Gasteiger partial charge in [0.05, 0.1) is 24.4 Å². The fourth-order valence-electron chi connectivity index (χ4n) is 3.73. The van der Waals surface area contributed by atoms with Crippen LogP contribution < -0.4 is 15.0 Å². The number of rotatable bonds is 5. The van der Waals surface area contributed by atoms with Gasteiger partial charge in [0.1, 0.15) is 17.3 Å². The molecular formula is C24H25N5O2. The number of likely N-dealkylation sites (N-methyl/N-ethyl adjacent to an activating group) is 1. The molecule has 1 aliphatic rings. The molecule has 1 aliphatic heterocycles. The van der Waals surface area contributed by atoms with Crippen LogP contribution in [-0.4, -0.2) is 55.3 Å². The monoisotopic (exact) mass is 415 g/mol. The van der Waals surface area contributed by atoms with Gasteiger partial charge >= 0.3 is 0 Å². The largest absolute Gasteiger partial charge is 0.506 e. The van der Waals surface area contributed by atoms with Crippen molar-refractivity contribution in [2.45, 2.75) is 0 Å². The molecule has 2 N–H and O–H groups in total. The molecule has 7 nitrogen and oxygen atoms in total. The van der Waals surface area contributed by atoms with Crippen molar-refractivity contribution in [1.29, 1.82) is 5.26 Å². The number of ether oxygens (including phenoxy) is 1. The smallest absolute Gasteiger partial charge is 0.140 e. The molecule has 158 valence electrons. The molecule has 0 amide bonds. The van der Waals surface area contributed by atoms with Gasteiger partial charge in [-0.2, -0.15) is 5.26 Å². The number of phenolic OH excluding ortho intramolecular Hbond substituents is 1. The van der Waals surface area contributed by atoms with E-state index in [4.69, 9.17) is 4.74 Å². The standard InChI is InChI=1S/C24H25N5O2/c1-28-9-11-29(12-10-28)21-5-4-19(15-22(21)30)27-24-14-18(7-8-26-24)20-13-17(16-25)3-6-23(20)31-2/h3-8,13-15,30H,9-12H2,1-2H3,(H,26,27). The number of nitrogens with zero attached hydrogens (tertiary/aromatic N) is 4. The Balaban J connectivity index is 1.56. The Morgan fingerprint density at radius 1 is 1.06 bits per heavy atom. The highest BCUT2D eigenvalue weighted by Gasteiger charge is 2.17. The van der Waals surface area contributed by atoms with Gasteiger partial charge in [-0.3, -0.25) is 0 Å². The van der Waals surface area contributed by atoms with Crippen LogP contribution in [0.4, 0.5) is 17.2 Å². The molecule has 2 aromatic carbocycles. The molecule has 0 atom stereocenters. The van der Waals surface area contributed by atoms with Crippen molar-refractivity contribution in [2.24, 2.45) is 0 Å². The summed E-state index contributed by atoms with van der Waals surface area (Å²) in [5.41, 5.74) is 3.85. The molecular weight excluding hydrogens is 390 g/mol. The second-order valence-electron chi connectivity index (χ2n) is 7.58. The number of anilines is 3. The lowest BCUT2D eigenvalue weighted by Gasteiger charge is -2.34. The number of benzene rings is 2. The lowest BCUT2D eigenvalue weighted by Crippen LogP contribution is -2.44. The summed E-state index contributed by atoms with van der Waals surface area (Å²) in [5.74, 6) is 1.56. The van der Waals surface area contributed by atoms with E-state index >= 15 is 0 Å². The van der Waals surface area contributed by atoms with Gasteiger partial charge in [-0.05, 0) is 55.1 Å². The first-order valence-corrected chi connectivity index (χ1v) is 10.2. The van der Waals surface area contributed by atoms with Gasteiger partial charge in [0.15, 0.2) is 0 Å². The minimum absolute atomic E-state index is 0.245. The van der Waals surface area contributed by atoms with Crippen LogP contribution in [0.2, 0.25) is 0 Å². The first kappa shape index (κ1) is 20.5. The second kappa shape index (κ2) is 8.94. The summed E-state index contributed by atoms with van der Waals surface area (Å²) in [6, 6.07) is 16.8. The number of phenols is 1. The lowest BCUT2D eigenvalue weighted by molar-refractivity contribution is 0.311. The third-order valence-electron chi connectivity index (χ3n) is 5.49. The zero-order chi connectivity index (χ0) is 21.8. The van der Waals surface area contributed by atoms with Gasteiger partial charge in [-0.15, -0.1) is 0 Å². The normalized spacial score (nSPS) is 14.2. The molecule has 0 saturated carbocycles. The zero-order valence-corrected chi connectivity index (χ0v) is 17.7. The lowest BCUT2D eigenvalue weighted by atomic mass is 10.0. The number of methoxy groups -OCH3 is 1. The minimum Gasteiger partial charge on any atom is -0.506 e. The van der Waals surface area contributed by atoms with Gasteiger partial charge in [-0.1, -0.05) is 0 Å². The third kappa shape index (κ3) is 4.55. The molecule has 1 fully saturated rings. The van der Waals surface area contributed by atoms with Crippen LogP contribution in [0.3, 0.4) is 0 Å². The summed E-state index contributed by atoms with van der Waals surface area (Å²) in [5, 5.41) is 23.1. The first-order chi connectivity index (χ1) is 15.1. The highest BCUT2D eigenvalue weighted by Crippen LogP contribution is 2.34. The molecule has 1 aromatic heterocycles. The van der Waals surface area contributed by atoms with Gasteiger partial charge in [0.2, 0.25) is 0 Å². The van der Waals surface area contributed by atoms with Gasteiger partial charge in [0, 0.05) is 49.7 Å². The molecule has 0 aliphatic carbocycles. The average molecular weight is 415 g/mol. The van der Waals surface area contributed by atoms with Crippen molar-refractivity contribution < 1.29 is 9.84 Å². The Hall–Kier alpha value is -3.76. The Kier molecular flexibility index (Phi) is 5.92. The molecule has 0 radical (unpaired) electrons. The van der Waals surface area contributed by atoms with Gasteiger partial charge in [0.25, 0.3) is 0 Å². The average Bonchev–Trinajstić information content (AvgIpc) is 2.80. The fourth-order valence-corrected chi connectivity index (χ4v) is 3.73. The van der Waals surface area contributed by atoms with E-state index in [1.807, 2.05) is 24.3 Å². The maximum Gasteiger partial charge on any atom is 0.140 e. The predicted octanol–water partition coefficient (Wildman–Crippen LogP) is 3.83. The van der Waals surface area contributed by atoms with Gasteiger partial charge < -0.3 is 25.0 Å². The topological polar surface area (TPSA) is 84.7 Å². The molecule has 0 spiro atoms. The Morgan fingerprint density at radius 2 is 1.87 bits per heavy atom. The molecule has 3 aromatic rings. The van der Waals surface area contributed by atoms with Crippen LogP contribution in [0, 0.1) is 11.3 Å². The Labute approximate surface area is 182 Å². The van der Waals surface area contributed by atoms with E-state index in [2.05, 4.69) is 33.2 Å². The molecule has 1 saturated heterocycles. The number of piperazine rings is 1. The summed E-state index contributed by atoms with van der Waals surface area (Å²) >= 11 is 0. The van der Waals surface area contributed by atoms with Crippen LogP contribution in [0.5, 0.6) is 11.5 Å². The summed E-state index contributed by atoms with van der Waals surface area (Å²) in [4.78, 5) is 8.88. The van der Waals surface area contributed by atoms with Crippen molar-refractivity contribution in [3.63, 3.8) is 0 Å². The fraction of sp³-hybridized carbons (Fsp3) is 0.250. The number of hydrogen-bond acceptors (Lipinski definition) is 7. The maximum atomic E-state index is 10.6. The highest BCUT2D eigenvalue weighted by atomic mass is 16.5. The number of pyridine rings is 1. The predicted molar refractivity (Wildman–Crippen MR) is 122 cm³/mol. The summed E-state index contributed by atoms with van der Waals surface area (Å²) in [7, 11) is 3.72. The van der Waals surface area contributed by atoms with Crippen molar-refractivity contribution in [1.82, 2.24) is 9.88 Å². The van der Waals surface area contributed by atoms with Crippen molar-refractivity contribution in [3.8, 4) is 28.7 Å². The molecule has 2 heterocycles. The van der Waals surface area contributed by atoms with Crippen molar-refractivity contribution >= 4 is 17.2 Å². The van der Waals surface area contributed by atoms with Crippen LogP contribution in [0.15, 0.2) is 54.7 Å². The van der Waals surface area contributed by atoms with Gasteiger partial charge in [-0.25, -0.2) is 4.98 Å². The van der Waals surface area contributed by atoms with Crippen molar-refractivity contribution in [2.75, 3.05) is 50.6 Å². The molecule has 7 heteroatoms. The Bertz CT molecular complexity index is 1120. The number of aromatic hydroxyl groups is 1. The number of aromatic nitrogens is 1. The number of hydrogen-bond donors (Lipinski definition) is 2. The maximum absolute atomic E-state index is 10.6. The van der Waals surface area contributed by atoms with E-state index in [0.29, 0.717) is 17.1 Å². The number of nitriles is 1. The summed E-state index contributed by atoms with van der Waals surface area (Å²) in [6.07, 6.45) is 1.70. The summed E-state index contributed by atoms with van der Waals surface area (Å²) in [6.45, 7) is 3.74. The SMILES string of the molecule is COc1ccc(C#N)cc1-c1ccnc(Nc2ccc(N3CCN(C)CC3)c(O)c2)c1. The Morgan fingerprint density at radius 3 is 2.58 bits per heavy atom. The second-order valence-corrected chi connectivity index (χ2v) is 7.58. The highest BCUT2D eigenvalue weighted by molar-refractivity contribution is 5.75. The van der Waals surface area contributed by atoms with Crippen LogP contribution in [-0.2, 0) is 0 Å². The quantitative estimate of drug-likeness (QED) is 0.655. The first-order valence-electron chi connectivity index (χ1n) is 10.2. The molecule has 31 heavy (non-hydrogen) atoms. The van der Waals surface area contributed by atoms with Crippen LogP contribution in [0.25, 0.3) is 11.1 Å². The molecule has 0 bridgehead atoms. The van der Waals surface area contributed by atoms with E-state index < -0.39 is 0 Å². The van der Waals surface area contributed by atoms with Crippen molar-refractivity contribution in [3.05, 3.63) is 60.3 Å². The van der Waals surface area contributed by atoms with Crippen LogP contribution >= 0.6 is 0 Å². The zero-order valence-electron chi connectivity index (χ0n) is 17.7. The number of nitrogens with one attached hydrogen (secondary N) is 1. The van der Waals surface area contributed by atoms with E-state index in [9.17, 15) is 10.4 Å². The third-order valence-corrected chi connectivity index (χ3v) is 5.49.